The molecule has 156 valence electrons. The second kappa shape index (κ2) is 11.8. The standard InChI is InChI=1S/C20H24ClN5O2.HI/c1-2-22-20(24-10-11-28-19-16(21)7-5-9-23-19)25-13-14-12-18(27)26-17-8-4-3-6-15(14)17;/h3-9,14H,2,10-13H2,1H3,(H,26,27)(H2,22,24,25);1H. The molecular weight excluding hydrogens is 505 g/mol. The zero-order valence-corrected chi connectivity index (χ0v) is 19.2. The first-order valence-electron chi connectivity index (χ1n) is 9.31. The van der Waals surface area contributed by atoms with Crippen molar-refractivity contribution in [3.8, 4) is 5.88 Å². The highest BCUT2D eigenvalue weighted by atomic mass is 127. The van der Waals surface area contributed by atoms with E-state index in [0.717, 1.165) is 17.8 Å². The van der Waals surface area contributed by atoms with Crippen molar-refractivity contribution in [3.63, 3.8) is 0 Å². The van der Waals surface area contributed by atoms with Crippen LogP contribution in [0.4, 0.5) is 5.69 Å². The van der Waals surface area contributed by atoms with Gasteiger partial charge < -0.3 is 20.7 Å². The highest BCUT2D eigenvalue weighted by molar-refractivity contribution is 14.0. The summed E-state index contributed by atoms with van der Waals surface area (Å²) in [6.07, 6.45) is 2.07. The van der Waals surface area contributed by atoms with Crippen molar-refractivity contribution in [2.45, 2.75) is 19.3 Å². The van der Waals surface area contributed by atoms with E-state index in [1.807, 2.05) is 31.2 Å². The topological polar surface area (TPSA) is 87.6 Å². The Morgan fingerprint density at radius 2 is 2.14 bits per heavy atom. The monoisotopic (exact) mass is 529 g/mol. The molecule has 0 bridgehead atoms. The van der Waals surface area contributed by atoms with Crippen molar-refractivity contribution in [2.75, 3.05) is 31.6 Å². The number of anilines is 1. The Hall–Kier alpha value is -2.07. The summed E-state index contributed by atoms with van der Waals surface area (Å²) in [5.74, 6) is 1.18. The van der Waals surface area contributed by atoms with Crippen LogP contribution in [-0.2, 0) is 4.79 Å². The van der Waals surface area contributed by atoms with E-state index in [0.29, 0.717) is 43.0 Å². The van der Waals surface area contributed by atoms with Crippen molar-refractivity contribution in [3.05, 3.63) is 53.2 Å². The maximum Gasteiger partial charge on any atom is 0.232 e. The van der Waals surface area contributed by atoms with Crippen LogP contribution in [0.15, 0.2) is 47.6 Å². The van der Waals surface area contributed by atoms with Gasteiger partial charge in [0.1, 0.15) is 11.6 Å². The molecule has 1 amide bonds. The summed E-state index contributed by atoms with van der Waals surface area (Å²) in [6.45, 7) is 4.20. The van der Waals surface area contributed by atoms with Crippen LogP contribution >= 0.6 is 35.6 Å². The maximum atomic E-state index is 12.0. The van der Waals surface area contributed by atoms with Crippen molar-refractivity contribution in [1.82, 2.24) is 15.6 Å². The minimum atomic E-state index is 0. The van der Waals surface area contributed by atoms with E-state index < -0.39 is 0 Å². The van der Waals surface area contributed by atoms with Gasteiger partial charge in [-0.25, -0.2) is 4.98 Å². The Kier molecular flexibility index (Phi) is 9.46. The lowest BCUT2D eigenvalue weighted by atomic mass is 9.91. The zero-order chi connectivity index (χ0) is 19.8. The molecule has 1 aromatic heterocycles. The lowest BCUT2D eigenvalue weighted by Gasteiger charge is -2.24. The minimum absolute atomic E-state index is 0. The second-order valence-corrected chi connectivity index (χ2v) is 6.73. The number of guanidine groups is 1. The Bertz CT molecular complexity index is 849. The Balaban J connectivity index is 0.00000300. The number of nitrogens with one attached hydrogen (secondary N) is 3. The van der Waals surface area contributed by atoms with Crippen LogP contribution in [0.1, 0.15) is 24.8 Å². The van der Waals surface area contributed by atoms with Crippen LogP contribution in [0.5, 0.6) is 5.88 Å². The number of carbonyl (C=O) groups excluding carboxylic acids is 1. The summed E-state index contributed by atoms with van der Waals surface area (Å²) in [5, 5.41) is 9.83. The van der Waals surface area contributed by atoms with Gasteiger partial charge in [-0.3, -0.25) is 9.79 Å². The third kappa shape index (κ3) is 6.74. The number of nitrogens with zero attached hydrogens (tertiary/aromatic N) is 2. The number of para-hydroxylation sites is 1. The largest absolute Gasteiger partial charge is 0.475 e. The number of rotatable bonds is 7. The van der Waals surface area contributed by atoms with E-state index in [1.54, 1.807) is 18.3 Å². The fourth-order valence-corrected chi connectivity index (χ4v) is 3.18. The van der Waals surface area contributed by atoms with Gasteiger partial charge in [0.05, 0.1) is 13.1 Å². The highest BCUT2D eigenvalue weighted by Crippen LogP contribution is 2.31. The molecular formula is C20H25ClIN5O2. The highest BCUT2D eigenvalue weighted by Gasteiger charge is 2.24. The van der Waals surface area contributed by atoms with E-state index in [9.17, 15) is 4.79 Å². The molecule has 0 saturated heterocycles. The van der Waals surface area contributed by atoms with Gasteiger partial charge in [0.25, 0.3) is 0 Å². The van der Waals surface area contributed by atoms with Crippen LogP contribution < -0.4 is 20.7 Å². The molecule has 0 fully saturated rings. The molecule has 2 aromatic rings. The van der Waals surface area contributed by atoms with Crippen molar-refractivity contribution < 1.29 is 9.53 Å². The van der Waals surface area contributed by atoms with E-state index in [-0.39, 0.29) is 35.8 Å². The SMILES string of the molecule is CCNC(=NCC1CC(=O)Nc2ccccc21)NCCOc1ncccc1Cl.I. The number of benzene rings is 1. The third-order valence-corrected chi connectivity index (χ3v) is 4.57. The molecule has 7 nitrogen and oxygen atoms in total. The molecule has 29 heavy (non-hydrogen) atoms. The van der Waals surface area contributed by atoms with Crippen LogP contribution in [0.3, 0.4) is 0 Å². The number of hydrogen-bond acceptors (Lipinski definition) is 4. The normalized spacial score (nSPS) is 15.6. The first-order chi connectivity index (χ1) is 13.7. The summed E-state index contributed by atoms with van der Waals surface area (Å²) in [5.41, 5.74) is 1.99. The van der Waals surface area contributed by atoms with Gasteiger partial charge in [0.2, 0.25) is 11.8 Å². The quantitative estimate of drug-likeness (QED) is 0.221. The van der Waals surface area contributed by atoms with Crippen molar-refractivity contribution in [2.24, 2.45) is 4.99 Å². The molecule has 0 aliphatic carbocycles. The van der Waals surface area contributed by atoms with Crippen LogP contribution in [0, 0.1) is 0 Å². The molecule has 1 atom stereocenters. The van der Waals surface area contributed by atoms with Gasteiger partial charge in [0.15, 0.2) is 5.96 Å². The molecule has 9 heteroatoms. The van der Waals surface area contributed by atoms with Crippen molar-refractivity contribution >= 4 is 53.1 Å². The number of fused-ring (bicyclic) bond motifs is 1. The average molecular weight is 530 g/mol. The van der Waals surface area contributed by atoms with Crippen LogP contribution in [-0.4, -0.2) is 43.1 Å². The number of aromatic nitrogens is 1. The molecule has 0 spiro atoms. The van der Waals surface area contributed by atoms with Gasteiger partial charge in [0, 0.05) is 30.8 Å². The minimum Gasteiger partial charge on any atom is -0.475 e. The van der Waals surface area contributed by atoms with Gasteiger partial charge in [-0.05, 0) is 30.7 Å². The predicted molar refractivity (Wildman–Crippen MR) is 127 cm³/mol. The Morgan fingerprint density at radius 1 is 1.31 bits per heavy atom. The van der Waals surface area contributed by atoms with Crippen molar-refractivity contribution in [1.29, 1.82) is 0 Å². The third-order valence-electron chi connectivity index (χ3n) is 4.28. The number of aliphatic imine (C=N–C) groups is 1. The van der Waals surface area contributed by atoms with Crippen LogP contribution in [0.25, 0.3) is 0 Å². The Labute approximate surface area is 192 Å². The summed E-state index contributed by atoms with van der Waals surface area (Å²) in [7, 11) is 0. The fourth-order valence-electron chi connectivity index (χ4n) is 3.00. The zero-order valence-electron chi connectivity index (χ0n) is 16.2. The summed E-state index contributed by atoms with van der Waals surface area (Å²) >= 11 is 6.03. The molecule has 3 N–H and O–H groups in total. The van der Waals surface area contributed by atoms with Crippen LogP contribution in [0.2, 0.25) is 5.02 Å². The van der Waals surface area contributed by atoms with E-state index in [1.165, 1.54) is 0 Å². The molecule has 1 unspecified atom stereocenters. The first kappa shape index (κ1) is 23.2. The van der Waals surface area contributed by atoms with E-state index in [4.69, 9.17) is 16.3 Å². The average Bonchev–Trinajstić information content (AvgIpc) is 2.70. The molecule has 1 aliphatic rings. The first-order valence-corrected chi connectivity index (χ1v) is 9.69. The summed E-state index contributed by atoms with van der Waals surface area (Å²) in [6, 6.07) is 11.4. The predicted octanol–water partition coefficient (Wildman–Crippen LogP) is 3.41. The molecule has 1 aliphatic heterocycles. The van der Waals surface area contributed by atoms with Gasteiger partial charge in [-0.15, -0.1) is 24.0 Å². The smallest absolute Gasteiger partial charge is 0.232 e. The second-order valence-electron chi connectivity index (χ2n) is 6.32. The number of amides is 1. The van der Waals surface area contributed by atoms with Gasteiger partial charge in [-0.1, -0.05) is 29.8 Å². The molecule has 3 rings (SSSR count). The van der Waals surface area contributed by atoms with E-state index >= 15 is 0 Å². The molecule has 0 saturated carbocycles. The Morgan fingerprint density at radius 3 is 2.93 bits per heavy atom. The lowest BCUT2D eigenvalue weighted by molar-refractivity contribution is -0.116. The molecule has 0 radical (unpaired) electrons. The number of halogens is 2. The number of carbonyl (C=O) groups is 1. The maximum absolute atomic E-state index is 12.0. The summed E-state index contributed by atoms with van der Waals surface area (Å²) < 4.78 is 5.58. The number of pyridine rings is 1. The van der Waals surface area contributed by atoms with Gasteiger partial charge >= 0.3 is 0 Å². The van der Waals surface area contributed by atoms with E-state index in [2.05, 4.69) is 25.9 Å². The molecule has 2 heterocycles. The number of ether oxygens (including phenoxy) is 1. The number of hydrogen-bond donors (Lipinski definition) is 3. The van der Waals surface area contributed by atoms with Gasteiger partial charge in [-0.2, -0.15) is 0 Å². The summed E-state index contributed by atoms with van der Waals surface area (Å²) in [4.78, 5) is 20.7. The molecule has 1 aromatic carbocycles. The fraction of sp³-hybridized carbons (Fsp3) is 0.350. The lowest BCUT2D eigenvalue weighted by Crippen LogP contribution is -2.39.